The Kier molecular flexibility index (Phi) is 6.74. The number of aryl methyl sites for hydroxylation is 2. The van der Waals surface area contributed by atoms with E-state index in [1.54, 1.807) is 0 Å². The average Bonchev–Trinajstić information content (AvgIpc) is 2.45. The van der Waals surface area contributed by atoms with Crippen molar-refractivity contribution in [1.82, 2.24) is 0 Å². The quantitative estimate of drug-likeness (QED) is 0.717. The molecule has 2 aromatic rings. The number of benzene rings is 1. The lowest BCUT2D eigenvalue weighted by Crippen LogP contribution is -2.68. The van der Waals surface area contributed by atoms with Gasteiger partial charge in [0.25, 0.3) is 0 Å². The zero-order valence-corrected chi connectivity index (χ0v) is 12.6. The Labute approximate surface area is 125 Å². The van der Waals surface area contributed by atoms with E-state index in [2.05, 4.69) is 38.1 Å². The molecule has 1 aromatic carbocycles. The minimum atomic E-state index is -4.94. The van der Waals surface area contributed by atoms with E-state index in [0.717, 1.165) is 29.9 Å². The van der Waals surface area contributed by atoms with Crippen molar-refractivity contribution in [1.29, 1.82) is 0 Å². The summed E-state index contributed by atoms with van der Waals surface area (Å²) in [5.41, 5.74) is 2.45. The fourth-order valence-corrected chi connectivity index (χ4v) is 1.87. The fourth-order valence-electron chi connectivity index (χ4n) is 1.87. The van der Waals surface area contributed by atoms with Crippen molar-refractivity contribution >= 4 is 0 Å². The van der Waals surface area contributed by atoms with Gasteiger partial charge in [0.05, 0.1) is 17.5 Å². The Morgan fingerprint density at radius 1 is 0.857 bits per heavy atom. The summed E-state index contributed by atoms with van der Waals surface area (Å²) >= 11 is 0. The van der Waals surface area contributed by atoms with Crippen molar-refractivity contribution < 1.29 is 33.3 Å². The number of hydrogen-bond donors (Lipinski definition) is 0. The molecule has 0 radical (unpaired) electrons. The third-order valence-electron chi connectivity index (χ3n) is 2.79. The lowest BCUT2D eigenvalue weighted by atomic mass is 10.1. The molecule has 0 amide bonds. The molecule has 0 unspecified atom stereocenters. The SMILES string of the molecule is CCc1ccc(-c2ccccc2)[o+]c1CC.[O-][Cl+3]([O-])([O-])[O-]. The minimum absolute atomic E-state index is 0.948. The number of hydrogen-bond acceptors (Lipinski definition) is 4. The highest BCUT2D eigenvalue weighted by Crippen LogP contribution is 2.23. The van der Waals surface area contributed by atoms with Crippen LogP contribution in [0.15, 0.2) is 46.9 Å². The molecule has 21 heavy (non-hydrogen) atoms. The van der Waals surface area contributed by atoms with Crippen molar-refractivity contribution in [3.63, 3.8) is 0 Å². The summed E-state index contributed by atoms with van der Waals surface area (Å²) in [4.78, 5) is 0. The van der Waals surface area contributed by atoms with Gasteiger partial charge in [0.2, 0.25) is 0 Å². The smallest absolute Gasteiger partial charge is 0.222 e. The van der Waals surface area contributed by atoms with Gasteiger partial charge in [-0.3, -0.25) is 0 Å². The van der Waals surface area contributed by atoms with Gasteiger partial charge in [-0.05, 0) is 24.6 Å². The maximum atomic E-state index is 8.49. The zero-order chi connectivity index (χ0) is 15.9. The zero-order valence-electron chi connectivity index (χ0n) is 11.9. The van der Waals surface area contributed by atoms with E-state index in [1.165, 1.54) is 5.56 Å². The molecule has 0 aliphatic heterocycles. The van der Waals surface area contributed by atoms with E-state index in [4.69, 9.17) is 23.1 Å². The van der Waals surface area contributed by atoms with Crippen LogP contribution >= 0.6 is 0 Å². The normalized spacial score (nSPS) is 10.8. The lowest BCUT2D eigenvalue weighted by Gasteiger charge is -2.17. The van der Waals surface area contributed by atoms with Crippen molar-refractivity contribution in [2.75, 3.05) is 0 Å². The first-order valence-electron chi connectivity index (χ1n) is 6.47. The van der Waals surface area contributed by atoms with Crippen LogP contribution in [0.4, 0.5) is 0 Å². The van der Waals surface area contributed by atoms with Crippen LogP contribution in [0.25, 0.3) is 11.3 Å². The highest BCUT2D eigenvalue weighted by Gasteiger charge is 2.17. The standard InChI is InChI=1S/C15H17O.ClHO4/c1-3-12-10-11-15(16-14(12)4-2)13-8-6-5-7-9-13;2-1(3,4)5/h5-11H,3-4H2,1-2H3;(H,2,3,4,5)/q+1;/p-1. The van der Waals surface area contributed by atoms with Crippen LogP contribution < -0.4 is 18.6 Å². The first-order chi connectivity index (χ1) is 9.85. The van der Waals surface area contributed by atoms with Gasteiger partial charge in [0, 0.05) is 6.07 Å². The van der Waals surface area contributed by atoms with Crippen molar-refractivity contribution in [3.8, 4) is 11.3 Å². The van der Waals surface area contributed by atoms with Gasteiger partial charge in [-0.15, -0.1) is 10.2 Å². The van der Waals surface area contributed by atoms with Gasteiger partial charge in [-0.2, -0.15) is 0 Å². The molecule has 2 rings (SSSR count). The van der Waals surface area contributed by atoms with Crippen LogP contribution in [0.5, 0.6) is 0 Å². The molecule has 0 saturated carbocycles. The van der Waals surface area contributed by atoms with Gasteiger partial charge < -0.3 is 0 Å². The van der Waals surface area contributed by atoms with Gasteiger partial charge in [0.15, 0.2) is 0 Å². The van der Waals surface area contributed by atoms with Gasteiger partial charge >= 0.3 is 11.5 Å². The fraction of sp³-hybridized carbons (Fsp3) is 0.267. The van der Waals surface area contributed by atoms with E-state index in [0.29, 0.717) is 0 Å². The predicted molar refractivity (Wildman–Crippen MR) is 67.3 cm³/mol. The molecule has 5 nitrogen and oxygen atoms in total. The van der Waals surface area contributed by atoms with Crippen LogP contribution in [0, 0.1) is 10.2 Å². The number of rotatable bonds is 3. The second-order valence-corrected chi connectivity index (χ2v) is 4.96. The summed E-state index contributed by atoms with van der Waals surface area (Å²) in [5, 5.41) is 0. The molecule has 0 saturated heterocycles. The molecular weight excluding hydrogens is 296 g/mol. The molecule has 6 heteroatoms. The Bertz CT molecular complexity index is 546. The lowest BCUT2D eigenvalue weighted by molar-refractivity contribution is -2.00. The molecule has 0 atom stereocenters. The van der Waals surface area contributed by atoms with Gasteiger partial charge in [-0.25, -0.2) is 23.1 Å². The Morgan fingerprint density at radius 3 is 1.90 bits per heavy atom. The van der Waals surface area contributed by atoms with E-state index >= 15 is 0 Å². The monoisotopic (exact) mass is 312 g/mol. The van der Waals surface area contributed by atoms with E-state index in [9.17, 15) is 0 Å². The summed E-state index contributed by atoms with van der Waals surface area (Å²) < 4.78 is 39.9. The average molecular weight is 313 g/mol. The van der Waals surface area contributed by atoms with Gasteiger partial charge in [-0.1, -0.05) is 32.0 Å². The molecule has 1 heterocycles. The van der Waals surface area contributed by atoms with Crippen LogP contribution in [-0.2, 0) is 12.8 Å². The Hall–Kier alpha value is -1.50. The highest BCUT2D eigenvalue weighted by atomic mass is 35.7. The van der Waals surface area contributed by atoms with Crippen LogP contribution in [0.2, 0.25) is 0 Å². The highest BCUT2D eigenvalue weighted by molar-refractivity contribution is 5.57. The van der Waals surface area contributed by atoms with Crippen molar-refractivity contribution in [2.45, 2.75) is 26.7 Å². The topological polar surface area (TPSA) is 104 Å². The molecule has 0 spiro atoms. The maximum absolute atomic E-state index is 8.49. The third kappa shape index (κ3) is 6.66. The summed E-state index contributed by atoms with van der Waals surface area (Å²) in [6.45, 7) is 4.29. The minimum Gasteiger partial charge on any atom is -0.222 e. The molecule has 0 bridgehead atoms. The first-order valence-corrected chi connectivity index (χ1v) is 7.70. The van der Waals surface area contributed by atoms with Crippen molar-refractivity contribution in [2.24, 2.45) is 0 Å². The summed E-state index contributed by atoms with van der Waals surface area (Å²) in [6.07, 6.45) is 1.98. The summed E-state index contributed by atoms with van der Waals surface area (Å²) in [7, 11) is -4.94. The molecule has 0 aliphatic rings. The number of halogens is 1. The van der Waals surface area contributed by atoms with Crippen molar-refractivity contribution in [3.05, 3.63) is 53.8 Å². The molecule has 1 aromatic heterocycles. The molecule has 0 aliphatic carbocycles. The Balaban J connectivity index is 0.000000383. The molecular formula is C15H17ClO5. The largest absolute Gasteiger partial charge is 0.360 e. The first kappa shape index (κ1) is 17.6. The second kappa shape index (κ2) is 8.07. The van der Waals surface area contributed by atoms with Crippen LogP contribution in [0.3, 0.4) is 0 Å². The second-order valence-electron chi connectivity index (χ2n) is 4.20. The van der Waals surface area contributed by atoms with Crippen LogP contribution in [-0.4, -0.2) is 0 Å². The van der Waals surface area contributed by atoms with Gasteiger partial charge in [0.1, 0.15) is 0 Å². The molecule has 0 N–H and O–H groups in total. The van der Waals surface area contributed by atoms with E-state index in [1.807, 2.05) is 18.2 Å². The van der Waals surface area contributed by atoms with E-state index < -0.39 is 10.2 Å². The summed E-state index contributed by atoms with van der Waals surface area (Å²) in [6, 6.07) is 14.5. The summed E-state index contributed by atoms with van der Waals surface area (Å²) in [5.74, 6) is 2.05. The maximum Gasteiger partial charge on any atom is 0.360 e. The predicted octanol–water partition coefficient (Wildman–Crippen LogP) is -0.404. The van der Waals surface area contributed by atoms with E-state index in [-0.39, 0.29) is 0 Å². The Morgan fingerprint density at radius 2 is 1.43 bits per heavy atom. The molecule has 114 valence electrons. The third-order valence-corrected chi connectivity index (χ3v) is 2.79. The molecule has 0 fully saturated rings. The van der Waals surface area contributed by atoms with Crippen LogP contribution in [0.1, 0.15) is 25.2 Å².